The number of carbonyl (C=O) groups is 1. The van der Waals surface area contributed by atoms with Crippen molar-refractivity contribution in [3.8, 4) is 0 Å². The van der Waals surface area contributed by atoms with E-state index in [0.717, 1.165) is 55.9 Å². The molecule has 0 spiro atoms. The molecule has 1 aliphatic heterocycles. The maximum absolute atomic E-state index is 12.7. The minimum atomic E-state index is -0.102. The largest absolute Gasteiger partial charge is 0.356 e. The molecule has 6 nitrogen and oxygen atoms in total. The van der Waals surface area contributed by atoms with Gasteiger partial charge >= 0.3 is 6.03 Å². The predicted octanol–water partition coefficient (Wildman–Crippen LogP) is 3.56. The van der Waals surface area contributed by atoms with Crippen LogP contribution in [0.1, 0.15) is 57.8 Å². The molecule has 0 atom stereocenters. The molecule has 1 aromatic heterocycles. The van der Waals surface area contributed by atoms with E-state index in [2.05, 4.69) is 25.5 Å². The minimum absolute atomic E-state index is 0.0293. The Balaban J connectivity index is 1.24. The molecule has 6 rings (SSSR count). The third kappa shape index (κ3) is 3.14. The van der Waals surface area contributed by atoms with Crippen molar-refractivity contribution >= 4 is 17.7 Å². The molecule has 2 heterocycles. The Morgan fingerprint density at radius 3 is 2.31 bits per heavy atom. The van der Waals surface area contributed by atoms with E-state index in [0.29, 0.717) is 5.82 Å². The molecule has 2 N–H and O–H groups in total. The van der Waals surface area contributed by atoms with Crippen LogP contribution in [0.25, 0.3) is 0 Å². The molecule has 4 aliphatic carbocycles. The first-order valence-corrected chi connectivity index (χ1v) is 10.3. The summed E-state index contributed by atoms with van der Waals surface area (Å²) in [6, 6.07) is 1.81. The van der Waals surface area contributed by atoms with Crippen LogP contribution >= 0.6 is 0 Å². The average Bonchev–Trinajstić information content (AvgIpc) is 2.61. The van der Waals surface area contributed by atoms with E-state index in [-0.39, 0.29) is 11.6 Å². The van der Waals surface area contributed by atoms with Crippen LogP contribution in [0.5, 0.6) is 0 Å². The fourth-order valence-corrected chi connectivity index (χ4v) is 6.36. The van der Waals surface area contributed by atoms with Crippen molar-refractivity contribution in [2.75, 3.05) is 23.3 Å². The molecular formula is C20H29N5O. The molecular weight excluding hydrogens is 326 g/mol. The van der Waals surface area contributed by atoms with E-state index < -0.39 is 0 Å². The Labute approximate surface area is 155 Å². The third-order valence-electron chi connectivity index (χ3n) is 6.99. The van der Waals surface area contributed by atoms with Crippen molar-refractivity contribution in [2.45, 2.75) is 63.3 Å². The number of amides is 2. The first-order chi connectivity index (χ1) is 12.7. The molecule has 5 aliphatic rings. The van der Waals surface area contributed by atoms with E-state index in [1.54, 1.807) is 6.33 Å². The van der Waals surface area contributed by atoms with E-state index in [1.165, 1.54) is 38.5 Å². The number of piperidine rings is 1. The van der Waals surface area contributed by atoms with Crippen molar-refractivity contribution < 1.29 is 4.79 Å². The van der Waals surface area contributed by atoms with Gasteiger partial charge in [-0.1, -0.05) is 0 Å². The van der Waals surface area contributed by atoms with Crippen LogP contribution in [0.15, 0.2) is 12.4 Å². The van der Waals surface area contributed by atoms with Gasteiger partial charge in [-0.25, -0.2) is 14.8 Å². The van der Waals surface area contributed by atoms with Gasteiger partial charge in [0.1, 0.15) is 18.0 Å². The van der Waals surface area contributed by atoms with Crippen LogP contribution in [-0.4, -0.2) is 34.6 Å². The Morgan fingerprint density at radius 2 is 1.65 bits per heavy atom. The summed E-state index contributed by atoms with van der Waals surface area (Å²) in [6.07, 6.45) is 12.9. The second kappa shape index (κ2) is 6.39. The number of nitrogens with zero attached hydrogens (tertiary/aromatic N) is 3. The maximum Gasteiger partial charge on any atom is 0.320 e. The van der Waals surface area contributed by atoms with Gasteiger partial charge in [0.05, 0.1) is 0 Å². The topological polar surface area (TPSA) is 70.2 Å². The van der Waals surface area contributed by atoms with Crippen LogP contribution in [0.4, 0.5) is 16.4 Å². The zero-order valence-electron chi connectivity index (χ0n) is 15.4. The average molecular weight is 355 g/mol. The normalized spacial score (nSPS) is 35.4. The summed E-state index contributed by atoms with van der Waals surface area (Å²) in [5.41, 5.74) is 0.0293. The van der Waals surface area contributed by atoms with Crippen LogP contribution in [-0.2, 0) is 0 Å². The lowest BCUT2D eigenvalue weighted by Gasteiger charge is -2.56. The number of nitrogens with one attached hydrogen (secondary N) is 2. The molecule has 5 fully saturated rings. The summed E-state index contributed by atoms with van der Waals surface area (Å²) in [5, 5.41) is 6.32. The summed E-state index contributed by atoms with van der Waals surface area (Å²) in [5.74, 6) is 4.00. The number of anilines is 2. The SMILES string of the molecule is O=C(Nc1cc(N2CCCCC2)ncn1)NC12CC3CC(CC(C3)C1)C2. The smallest absolute Gasteiger partial charge is 0.320 e. The zero-order chi connectivity index (χ0) is 17.6. The molecule has 26 heavy (non-hydrogen) atoms. The highest BCUT2D eigenvalue weighted by Gasteiger charge is 2.51. The van der Waals surface area contributed by atoms with Gasteiger partial charge in [-0.2, -0.15) is 0 Å². The molecule has 0 aromatic carbocycles. The molecule has 6 heteroatoms. The van der Waals surface area contributed by atoms with E-state index in [9.17, 15) is 4.79 Å². The lowest BCUT2D eigenvalue weighted by Crippen LogP contribution is -2.60. The number of urea groups is 1. The second-order valence-electron chi connectivity index (χ2n) is 9.09. The minimum Gasteiger partial charge on any atom is -0.356 e. The van der Waals surface area contributed by atoms with Crippen molar-refractivity contribution in [3.05, 3.63) is 12.4 Å². The number of aromatic nitrogens is 2. The highest BCUT2D eigenvalue weighted by atomic mass is 16.2. The molecule has 0 unspecified atom stereocenters. The summed E-state index contributed by atoms with van der Waals surface area (Å²) < 4.78 is 0. The highest BCUT2D eigenvalue weighted by Crippen LogP contribution is 2.55. The summed E-state index contributed by atoms with van der Waals surface area (Å²) in [4.78, 5) is 23.6. The fourth-order valence-electron chi connectivity index (χ4n) is 6.36. The van der Waals surface area contributed by atoms with E-state index in [1.807, 2.05) is 6.07 Å². The standard InChI is InChI=1S/C20H29N5O/c26-19(24-20-10-14-6-15(11-20)8-16(7-14)12-20)23-17-9-18(22-13-21-17)25-4-2-1-3-5-25/h9,13-16H,1-8,10-12H2,(H2,21,22,23,24,26). The van der Waals surface area contributed by atoms with Gasteiger partial charge in [-0.15, -0.1) is 0 Å². The summed E-state index contributed by atoms with van der Waals surface area (Å²) >= 11 is 0. The molecule has 1 saturated heterocycles. The Kier molecular flexibility index (Phi) is 4.02. The fraction of sp³-hybridized carbons (Fsp3) is 0.750. The van der Waals surface area contributed by atoms with Crippen LogP contribution in [0.3, 0.4) is 0 Å². The summed E-state index contributed by atoms with van der Waals surface area (Å²) in [7, 11) is 0. The Hall–Kier alpha value is -1.85. The summed E-state index contributed by atoms with van der Waals surface area (Å²) in [6.45, 7) is 2.08. The van der Waals surface area contributed by atoms with Crippen LogP contribution < -0.4 is 15.5 Å². The monoisotopic (exact) mass is 355 g/mol. The van der Waals surface area contributed by atoms with Crippen molar-refractivity contribution in [1.29, 1.82) is 0 Å². The molecule has 2 amide bonds. The Bertz CT molecular complexity index is 649. The number of rotatable bonds is 3. The quantitative estimate of drug-likeness (QED) is 0.870. The van der Waals surface area contributed by atoms with Crippen molar-refractivity contribution in [3.63, 3.8) is 0 Å². The molecule has 140 valence electrons. The van der Waals surface area contributed by atoms with E-state index >= 15 is 0 Å². The van der Waals surface area contributed by atoms with Gasteiger partial charge in [0, 0.05) is 24.7 Å². The van der Waals surface area contributed by atoms with Gasteiger partial charge in [0.2, 0.25) is 0 Å². The van der Waals surface area contributed by atoms with Gasteiger partial charge in [-0.3, -0.25) is 5.32 Å². The van der Waals surface area contributed by atoms with Gasteiger partial charge in [0.25, 0.3) is 0 Å². The zero-order valence-corrected chi connectivity index (χ0v) is 15.4. The lowest BCUT2D eigenvalue weighted by molar-refractivity contribution is -0.0127. The van der Waals surface area contributed by atoms with Crippen molar-refractivity contribution in [2.24, 2.45) is 17.8 Å². The van der Waals surface area contributed by atoms with Gasteiger partial charge in [-0.05, 0) is 75.5 Å². The molecule has 4 saturated carbocycles. The molecule has 0 radical (unpaired) electrons. The number of hydrogen-bond donors (Lipinski definition) is 2. The lowest BCUT2D eigenvalue weighted by atomic mass is 9.53. The van der Waals surface area contributed by atoms with Crippen LogP contribution in [0.2, 0.25) is 0 Å². The third-order valence-corrected chi connectivity index (χ3v) is 6.99. The second-order valence-corrected chi connectivity index (χ2v) is 9.09. The van der Waals surface area contributed by atoms with Crippen molar-refractivity contribution in [1.82, 2.24) is 15.3 Å². The van der Waals surface area contributed by atoms with Gasteiger partial charge in [0.15, 0.2) is 0 Å². The number of hydrogen-bond acceptors (Lipinski definition) is 4. The van der Waals surface area contributed by atoms with Crippen LogP contribution in [0, 0.1) is 17.8 Å². The Morgan fingerprint density at radius 1 is 1.00 bits per heavy atom. The molecule has 1 aromatic rings. The maximum atomic E-state index is 12.7. The predicted molar refractivity (Wildman–Crippen MR) is 101 cm³/mol. The first kappa shape index (κ1) is 16.3. The van der Waals surface area contributed by atoms with E-state index in [4.69, 9.17) is 0 Å². The highest BCUT2D eigenvalue weighted by molar-refractivity contribution is 5.89. The number of carbonyl (C=O) groups excluding carboxylic acids is 1. The first-order valence-electron chi connectivity index (χ1n) is 10.3. The molecule has 4 bridgehead atoms. The van der Waals surface area contributed by atoms with Gasteiger partial charge < -0.3 is 10.2 Å².